The molecule has 7 heteroatoms. The Morgan fingerprint density at radius 2 is 2.00 bits per heavy atom. The molecule has 140 valence electrons. The summed E-state index contributed by atoms with van der Waals surface area (Å²) in [5.41, 5.74) is 9.71. The molecule has 0 bridgehead atoms. The predicted octanol–water partition coefficient (Wildman–Crippen LogP) is 4.05. The number of nitrogen functional groups attached to an aromatic ring is 1. The number of fused-ring (bicyclic) bond motifs is 1. The van der Waals surface area contributed by atoms with Crippen molar-refractivity contribution in [2.75, 3.05) is 12.8 Å². The molecule has 1 aliphatic carbocycles. The second kappa shape index (κ2) is 7.44. The molecule has 0 aromatic carbocycles. The Labute approximate surface area is 162 Å². The van der Waals surface area contributed by atoms with Gasteiger partial charge in [-0.05, 0) is 30.9 Å². The van der Waals surface area contributed by atoms with Gasteiger partial charge in [-0.3, -0.25) is 4.79 Å². The number of ether oxygens (including phenoxy) is 1. The molecule has 0 fully saturated rings. The fourth-order valence-corrected chi connectivity index (χ4v) is 4.52. The van der Waals surface area contributed by atoms with Crippen molar-refractivity contribution in [2.24, 2.45) is 0 Å². The quantitative estimate of drug-likeness (QED) is 0.735. The molecule has 0 amide bonds. The van der Waals surface area contributed by atoms with Crippen molar-refractivity contribution >= 4 is 23.1 Å². The van der Waals surface area contributed by atoms with E-state index in [9.17, 15) is 4.79 Å². The lowest BCUT2D eigenvalue weighted by Gasteiger charge is -2.24. The number of carbonyl (C=O) groups excluding carboxylic acids is 1. The van der Waals surface area contributed by atoms with Gasteiger partial charge in [0.05, 0.1) is 29.8 Å². The van der Waals surface area contributed by atoms with E-state index in [4.69, 9.17) is 10.5 Å². The Morgan fingerprint density at radius 1 is 1.19 bits per heavy atom. The molecule has 1 aliphatic rings. The zero-order chi connectivity index (χ0) is 18.3. The van der Waals surface area contributed by atoms with Crippen LogP contribution in [0.2, 0.25) is 0 Å². The maximum atomic E-state index is 12.7. The Balaban J connectivity index is 0.00000210. The summed E-state index contributed by atoms with van der Waals surface area (Å²) in [6.07, 6.45) is 1.12. The Bertz CT molecular complexity index is 999. The number of nitrogens with zero attached hydrogens (tertiary/aromatic N) is 3. The standard InChI is InChI=1S/C19H18N4O2S.CH4/c1-10-17-14(23-19(20)21-10)8-11(9-15(17)24)18-12(6-7-26-18)13-4-3-5-16(22-13)25-2;/h3-7,11H,8-9H2,1-2H3,(H2,20,21,23);1H4. The lowest BCUT2D eigenvalue weighted by atomic mass is 9.83. The molecule has 0 saturated carbocycles. The van der Waals surface area contributed by atoms with Crippen LogP contribution in [0.1, 0.15) is 46.4 Å². The maximum Gasteiger partial charge on any atom is 0.220 e. The molecule has 0 aliphatic heterocycles. The number of methoxy groups -OCH3 is 1. The van der Waals surface area contributed by atoms with Crippen molar-refractivity contribution in [3.05, 3.63) is 51.5 Å². The summed E-state index contributed by atoms with van der Waals surface area (Å²) in [4.78, 5) is 26.9. The lowest BCUT2D eigenvalue weighted by Crippen LogP contribution is -2.22. The fourth-order valence-electron chi connectivity index (χ4n) is 3.51. The first kappa shape index (κ1) is 19.0. The summed E-state index contributed by atoms with van der Waals surface area (Å²) in [6.45, 7) is 1.81. The van der Waals surface area contributed by atoms with E-state index < -0.39 is 0 Å². The van der Waals surface area contributed by atoms with Crippen LogP contribution in [0.25, 0.3) is 11.3 Å². The van der Waals surface area contributed by atoms with Gasteiger partial charge in [-0.15, -0.1) is 11.3 Å². The number of hydrogen-bond donors (Lipinski definition) is 1. The molecule has 1 unspecified atom stereocenters. The minimum absolute atomic E-state index is 0. The summed E-state index contributed by atoms with van der Waals surface area (Å²) in [6, 6.07) is 7.73. The molecule has 4 rings (SSSR count). The second-order valence-electron chi connectivity index (χ2n) is 6.28. The molecular formula is C20H22N4O2S. The third-order valence-electron chi connectivity index (χ3n) is 4.61. The Hall–Kier alpha value is -2.80. The van der Waals surface area contributed by atoms with Gasteiger partial charge in [0.2, 0.25) is 11.8 Å². The number of anilines is 1. The van der Waals surface area contributed by atoms with Crippen LogP contribution in [0.15, 0.2) is 29.6 Å². The van der Waals surface area contributed by atoms with E-state index in [-0.39, 0.29) is 25.1 Å². The zero-order valence-corrected chi connectivity index (χ0v) is 15.3. The number of carbonyl (C=O) groups is 1. The van der Waals surface area contributed by atoms with Crippen molar-refractivity contribution in [2.45, 2.75) is 33.1 Å². The monoisotopic (exact) mass is 382 g/mol. The highest BCUT2D eigenvalue weighted by molar-refractivity contribution is 7.10. The van der Waals surface area contributed by atoms with Crippen LogP contribution < -0.4 is 10.5 Å². The van der Waals surface area contributed by atoms with Gasteiger partial charge in [-0.1, -0.05) is 13.5 Å². The first-order valence-corrected chi connectivity index (χ1v) is 9.19. The molecule has 0 radical (unpaired) electrons. The molecule has 3 aromatic heterocycles. The number of hydrogen-bond acceptors (Lipinski definition) is 7. The van der Waals surface area contributed by atoms with Gasteiger partial charge in [-0.2, -0.15) is 0 Å². The summed E-state index contributed by atoms with van der Waals surface area (Å²) in [7, 11) is 1.60. The molecular weight excluding hydrogens is 360 g/mol. The second-order valence-corrected chi connectivity index (χ2v) is 7.23. The molecule has 27 heavy (non-hydrogen) atoms. The molecule has 0 saturated heterocycles. The SMILES string of the molecule is C.COc1cccc(-c2ccsc2C2CC(=O)c3c(C)nc(N)nc3C2)n1. The fraction of sp³-hybridized carbons (Fsp3) is 0.300. The lowest BCUT2D eigenvalue weighted by molar-refractivity contribution is 0.0962. The van der Waals surface area contributed by atoms with Crippen LogP contribution in [-0.4, -0.2) is 27.8 Å². The number of Topliss-reactive ketones (excluding diaryl/α,β-unsaturated/α-hetero) is 1. The zero-order valence-electron chi connectivity index (χ0n) is 14.5. The van der Waals surface area contributed by atoms with Crippen molar-refractivity contribution < 1.29 is 9.53 Å². The molecule has 0 spiro atoms. The van der Waals surface area contributed by atoms with E-state index in [0.29, 0.717) is 30.0 Å². The number of aryl methyl sites for hydroxylation is 1. The number of rotatable bonds is 3. The highest BCUT2D eigenvalue weighted by atomic mass is 32.1. The summed E-state index contributed by atoms with van der Waals surface area (Å²) in [5, 5.41) is 2.03. The van der Waals surface area contributed by atoms with Crippen LogP contribution in [0.5, 0.6) is 5.88 Å². The minimum atomic E-state index is 0. The predicted molar refractivity (Wildman–Crippen MR) is 107 cm³/mol. The van der Waals surface area contributed by atoms with E-state index >= 15 is 0 Å². The van der Waals surface area contributed by atoms with Gasteiger partial charge in [0, 0.05) is 28.8 Å². The van der Waals surface area contributed by atoms with Crippen LogP contribution >= 0.6 is 11.3 Å². The van der Waals surface area contributed by atoms with Gasteiger partial charge in [0.25, 0.3) is 0 Å². The number of ketones is 1. The largest absolute Gasteiger partial charge is 0.481 e. The van der Waals surface area contributed by atoms with Crippen LogP contribution in [0, 0.1) is 6.92 Å². The number of thiophene rings is 1. The average molecular weight is 382 g/mol. The van der Waals surface area contributed by atoms with Crippen molar-refractivity contribution in [3.63, 3.8) is 0 Å². The Morgan fingerprint density at radius 3 is 2.78 bits per heavy atom. The average Bonchev–Trinajstić information content (AvgIpc) is 3.10. The molecule has 6 nitrogen and oxygen atoms in total. The number of nitrogens with two attached hydrogens (primary N) is 1. The van der Waals surface area contributed by atoms with Crippen molar-refractivity contribution in [1.29, 1.82) is 0 Å². The topological polar surface area (TPSA) is 91.0 Å². The van der Waals surface area contributed by atoms with E-state index in [1.54, 1.807) is 18.4 Å². The number of pyridine rings is 1. The number of aromatic nitrogens is 3. The van der Waals surface area contributed by atoms with Gasteiger partial charge in [0.1, 0.15) is 0 Å². The summed E-state index contributed by atoms with van der Waals surface area (Å²) in [5.74, 6) is 0.926. The molecule has 3 heterocycles. The highest BCUT2D eigenvalue weighted by Gasteiger charge is 2.31. The molecule has 1 atom stereocenters. The normalized spacial score (nSPS) is 15.8. The van der Waals surface area contributed by atoms with Gasteiger partial charge in [-0.25, -0.2) is 15.0 Å². The first-order chi connectivity index (χ1) is 12.6. The highest BCUT2D eigenvalue weighted by Crippen LogP contribution is 2.40. The van der Waals surface area contributed by atoms with Gasteiger partial charge in [0.15, 0.2) is 5.78 Å². The van der Waals surface area contributed by atoms with Gasteiger partial charge >= 0.3 is 0 Å². The molecule has 3 aromatic rings. The van der Waals surface area contributed by atoms with Crippen LogP contribution in [0.4, 0.5) is 5.95 Å². The Kier molecular flexibility index (Phi) is 5.23. The van der Waals surface area contributed by atoms with Crippen LogP contribution in [-0.2, 0) is 6.42 Å². The van der Waals surface area contributed by atoms with Gasteiger partial charge < -0.3 is 10.5 Å². The van der Waals surface area contributed by atoms with E-state index in [1.165, 1.54) is 0 Å². The molecule has 2 N–H and O–H groups in total. The third-order valence-corrected chi connectivity index (χ3v) is 5.69. The van der Waals surface area contributed by atoms with Crippen molar-refractivity contribution in [3.8, 4) is 17.1 Å². The minimum Gasteiger partial charge on any atom is -0.481 e. The first-order valence-electron chi connectivity index (χ1n) is 8.31. The van der Waals surface area contributed by atoms with Crippen molar-refractivity contribution in [1.82, 2.24) is 15.0 Å². The van der Waals surface area contributed by atoms with Crippen LogP contribution in [0.3, 0.4) is 0 Å². The smallest absolute Gasteiger partial charge is 0.220 e. The van der Waals surface area contributed by atoms with E-state index in [0.717, 1.165) is 21.8 Å². The maximum absolute atomic E-state index is 12.7. The summed E-state index contributed by atoms with van der Waals surface area (Å²) >= 11 is 1.64. The summed E-state index contributed by atoms with van der Waals surface area (Å²) < 4.78 is 5.24. The van der Waals surface area contributed by atoms with E-state index in [2.05, 4.69) is 15.0 Å². The van der Waals surface area contributed by atoms with E-state index in [1.807, 2.05) is 36.6 Å². The third kappa shape index (κ3) is 3.42.